The Kier molecular flexibility index (Phi) is 4.75. The standard InChI is InChI=1S/C15H18F3N3O3/c1-9(2)21-8-11(7-19-21)20-13(22)6-14(23,15(16,17)18)12-5-4-10(3)24-12/h4-5,7-9,23H,6H2,1-3H3,(H,20,22). The Morgan fingerprint density at radius 3 is 2.54 bits per heavy atom. The van der Waals surface area contributed by atoms with E-state index in [1.54, 1.807) is 4.68 Å². The van der Waals surface area contributed by atoms with Gasteiger partial charge in [-0.2, -0.15) is 18.3 Å². The number of amides is 1. The molecule has 0 bridgehead atoms. The summed E-state index contributed by atoms with van der Waals surface area (Å²) in [6.07, 6.45) is -3.49. The van der Waals surface area contributed by atoms with Crippen LogP contribution in [0.4, 0.5) is 18.9 Å². The van der Waals surface area contributed by atoms with Gasteiger partial charge in [-0.15, -0.1) is 0 Å². The van der Waals surface area contributed by atoms with Crippen LogP contribution >= 0.6 is 0 Å². The Hall–Kier alpha value is -2.29. The van der Waals surface area contributed by atoms with Crippen molar-refractivity contribution in [2.45, 2.75) is 45.0 Å². The molecule has 1 amide bonds. The Balaban J connectivity index is 2.18. The maximum atomic E-state index is 13.3. The Morgan fingerprint density at radius 1 is 1.42 bits per heavy atom. The lowest BCUT2D eigenvalue weighted by molar-refractivity contribution is -0.272. The highest BCUT2D eigenvalue weighted by atomic mass is 19.4. The first-order valence-corrected chi connectivity index (χ1v) is 7.23. The number of nitrogens with one attached hydrogen (secondary N) is 1. The monoisotopic (exact) mass is 345 g/mol. The lowest BCUT2D eigenvalue weighted by atomic mass is 9.95. The molecule has 2 aromatic heterocycles. The van der Waals surface area contributed by atoms with Crippen LogP contribution in [0, 0.1) is 6.92 Å². The van der Waals surface area contributed by atoms with Gasteiger partial charge in [-0.25, -0.2) is 0 Å². The molecule has 0 spiro atoms. The molecule has 0 aliphatic rings. The number of aliphatic hydroxyl groups is 1. The first-order chi connectivity index (χ1) is 11.0. The fourth-order valence-electron chi connectivity index (χ4n) is 2.11. The van der Waals surface area contributed by atoms with Crippen LogP contribution in [0.25, 0.3) is 0 Å². The van der Waals surface area contributed by atoms with Crippen LogP contribution in [0.5, 0.6) is 0 Å². The van der Waals surface area contributed by atoms with E-state index in [-0.39, 0.29) is 17.5 Å². The molecule has 2 aromatic rings. The third-order valence-electron chi connectivity index (χ3n) is 3.45. The predicted octanol–water partition coefficient (Wildman–Crippen LogP) is 3.14. The molecule has 0 aliphatic heterocycles. The van der Waals surface area contributed by atoms with Crippen molar-refractivity contribution < 1.29 is 27.5 Å². The number of carbonyl (C=O) groups excluding carboxylic acids is 1. The number of rotatable bonds is 5. The van der Waals surface area contributed by atoms with Gasteiger partial charge < -0.3 is 14.8 Å². The van der Waals surface area contributed by atoms with Crippen molar-refractivity contribution in [2.75, 3.05) is 5.32 Å². The molecule has 0 aromatic carbocycles. The van der Waals surface area contributed by atoms with Crippen molar-refractivity contribution in [1.29, 1.82) is 0 Å². The number of aryl methyl sites for hydroxylation is 1. The SMILES string of the molecule is Cc1ccc(C(O)(CC(=O)Nc2cnn(C(C)C)c2)C(F)(F)F)o1. The number of furan rings is 1. The molecule has 1 atom stereocenters. The summed E-state index contributed by atoms with van der Waals surface area (Å²) in [6.45, 7) is 5.17. The summed E-state index contributed by atoms with van der Waals surface area (Å²) < 4.78 is 46.3. The molecule has 0 radical (unpaired) electrons. The average Bonchev–Trinajstić information content (AvgIpc) is 3.06. The van der Waals surface area contributed by atoms with Gasteiger partial charge in [0.2, 0.25) is 11.5 Å². The molecule has 6 nitrogen and oxygen atoms in total. The second-order valence-corrected chi connectivity index (χ2v) is 5.80. The number of hydrogen-bond acceptors (Lipinski definition) is 4. The van der Waals surface area contributed by atoms with Crippen molar-refractivity contribution in [3.8, 4) is 0 Å². The Bertz CT molecular complexity index is 721. The lowest BCUT2D eigenvalue weighted by Crippen LogP contribution is -2.44. The molecular formula is C15H18F3N3O3. The van der Waals surface area contributed by atoms with Gasteiger partial charge in [-0.1, -0.05) is 0 Å². The van der Waals surface area contributed by atoms with Gasteiger partial charge in [0.05, 0.1) is 18.3 Å². The number of carbonyl (C=O) groups is 1. The quantitative estimate of drug-likeness (QED) is 0.872. The minimum atomic E-state index is -5.07. The minimum absolute atomic E-state index is 0.0360. The van der Waals surface area contributed by atoms with Crippen LogP contribution in [0.3, 0.4) is 0 Å². The van der Waals surface area contributed by atoms with Gasteiger partial charge in [0.15, 0.2) is 0 Å². The number of alkyl halides is 3. The van der Waals surface area contributed by atoms with Crippen molar-refractivity contribution in [2.24, 2.45) is 0 Å². The van der Waals surface area contributed by atoms with E-state index in [1.165, 1.54) is 25.4 Å². The zero-order valence-electron chi connectivity index (χ0n) is 13.4. The first-order valence-electron chi connectivity index (χ1n) is 7.23. The van der Waals surface area contributed by atoms with Crippen LogP contribution in [0.1, 0.15) is 37.8 Å². The molecule has 9 heteroatoms. The molecule has 2 N–H and O–H groups in total. The number of aromatic nitrogens is 2. The number of halogens is 3. The summed E-state index contributed by atoms with van der Waals surface area (Å²) in [7, 11) is 0. The van der Waals surface area contributed by atoms with Crippen LogP contribution in [0.15, 0.2) is 28.9 Å². The van der Waals surface area contributed by atoms with Gasteiger partial charge in [0, 0.05) is 12.2 Å². The van der Waals surface area contributed by atoms with E-state index in [1.807, 2.05) is 13.8 Å². The summed E-state index contributed by atoms with van der Waals surface area (Å²) in [4.78, 5) is 12.0. The third-order valence-corrected chi connectivity index (χ3v) is 3.45. The smallest absolute Gasteiger partial charge is 0.425 e. The Morgan fingerprint density at radius 2 is 2.08 bits per heavy atom. The molecule has 0 fully saturated rings. The molecule has 2 heterocycles. The van der Waals surface area contributed by atoms with Gasteiger partial charge in [0.25, 0.3) is 0 Å². The Labute approximate surface area is 136 Å². The highest BCUT2D eigenvalue weighted by Gasteiger charge is 2.58. The number of nitrogens with zero attached hydrogens (tertiary/aromatic N) is 2. The molecule has 0 aliphatic carbocycles. The van der Waals surface area contributed by atoms with Crippen LogP contribution < -0.4 is 5.32 Å². The van der Waals surface area contributed by atoms with Crippen molar-refractivity contribution >= 4 is 11.6 Å². The predicted molar refractivity (Wildman–Crippen MR) is 79.3 cm³/mol. The van der Waals surface area contributed by atoms with E-state index in [0.29, 0.717) is 0 Å². The fraction of sp³-hybridized carbons (Fsp3) is 0.467. The molecule has 0 saturated heterocycles. The molecule has 132 valence electrons. The first kappa shape index (κ1) is 18.1. The summed E-state index contributed by atoms with van der Waals surface area (Å²) in [5.41, 5.74) is -3.16. The second kappa shape index (κ2) is 6.31. The second-order valence-electron chi connectivity index (χ2n) is 5.80. The topological polar surface area (TPSA) is 80.3 Å². The summed E-state index contributed by atoms with van der Waals surface area (Å²) >= 11 is 0. The molecule has 1 unspecified atom stereocenters. The maximum absolute atomic E-state index is 13.3. The zero-order valence-corrected chi connectivity index (χ0v) is 13.4. The number of hydrogen-bond donors (Lipinski definition) is 2. The third kappa shape index (κ3) is 3.61. The van der Waals surface area contributed by atoms with E-state index in [0.717, 1.165) is 6.07 Å². The van der Waals surface area contributed by atoms with Crippen molar-refractivity contribution in [3.63, 3.8) is 0 Å². The summed E-state index contributed by atoms with van der Waals surface area (Å²) in [6, 6.07) is 2.33. The van der Waals surface area contributed by atoms with Crippen molar-refractivity contribution in [3.05, 3.63) is 36.0 Å². The van der Waals surface area contributed by atoms with E-state index < -0.39 is 29.9 Å². The van der Waals surface area contributed by atoms with Crippen LogP contribution in [-0.4, -0.2) is 27.0 Å². The molecule has 0 saturated carbocycles. The van der Waals surface area contributed by atoms with E-state index in [9.17, 15) is 23.1 Å². The lowest BCUT2D eigenvalue weighted by Gasteiger charge is -2.27. The summed E-state index contributed by atoms with van der Waals surface area (Å²) in [5, 5.41) is 16.3. The van der Waals surface area contributed by atoms with Gasteiger partial charge in [-0.3, -0.25) is 9.48 Å². The normalized spacial score (nSPS) is 14.7. The fourth-order valence-corrected chi connectivity index (χ4v) is 2.11. The van der Waals surface area contributed by atoms with Gasteiger partial charge in [-0.05, 0) is 32.9 Å². The zero-order chi connectivity index (χ0) is 18.1. The highest BCUT2D eigenvalue weighted by Crippen LogP contribution is 2.42. The summed E-state index contributed by atoms with van der Waals surface area (Å²) in [5.74, 6) is -1.53. The van der Waals surface area contributed by atoms with E-state index in [4.69, 9.17) is 4.42 Å². The van der Waals surface area contributed by atoms with E-state index in [2.05, 4.69) is 10.4 Å². The average molecular weight is 345 g/mol. The van der Waals surface area contributed by atoms with Gasteiger partial charge >= 0.3 is 6.18 Å². The van der Waals surface area contributed by atoms with Crippen molar-refractivity contribution in [1.82, 2.24) is 9.78 Å². The van der Waals surface area contributed by atoms with Crippen LogP contribution in [-0.2, 0) is 10.4 Å². The maximum Gasteiger partial charge on any atom is 0.425 e. The van der Waals surface area contributed by atoms with Crippen LogP contribution in [0.2, 0.25) is 0 Å². The molecule has 2 rings (SSSR count). The number of anilines is 1. The largest absolute Gasteiger partial charge is 0.463 e. The highest BCUT2D eigenvalue weighted by molar-refractivity contribution is 5.91. The molecular weight excluding hydrogens is 327 g/mol. The van der Waals surface area contributed by atoms with E-state index >= 15 is 0 Å². The van der Waals surface area contributed by atoms with Gasteiger partial charge in [0.1, 0.15) is 11.5 Å². The molecule has 24 heavy (non-hydrogen) atoms. The minimum Gasteiger partial charge on any atom is -0.463 e.